The van der Waals surface area contributed by atoms with Gasteiger partial charge in [0.25, 0.3) is 5.91 Å². The molecule has 0 N–H and O–H groups in total. The van der Waals surface area contributed by atoms with Gasteiger partial charge in [0.05, 0.1) is 17.5 Å². The van der Waals surface area contributed by atoms with Crippen molar-refractivity contribution in [3.63, 3.8) is 0 Å². The molecule has 1 aliphatic rings. The first-order valence-electron chi connectivity index (χ1n) is 6.97. The van der Waals surface area contributed by atoms with Crippen molar-refractivity contribution in [3.8, 4) is 0 Å². The SMILES string of the molecule is CC(C)c1ncc(Cl)c(C(=O)N2CCN(S(C)(=O)=O)CC2)n1. The smallest absolute Gasteiger partial charge is 0.274 e. The molecule has 0 aliphatic carbocycles. The van der Waals surface area contributed by atoms with Crippen LogP contribution in [-0.4, -0.2) is 65.9 Å². The van der Waals surface area contributed by atoms with Crippen LogP contribution < -0.4 is 0 Å². The molecule has 22 heavy (non-hydrogen) atoms. The zero-order chi connectivity index (χ0) is 16.5. The average molecular weight is 347 g/mol. The van der Waals surface area contributed by atoms with Gasteiger partial charge in [0.2, 0.25) is 10.0 Å². The van der Waals surface area contributed by atoms with Gasteiger partial charge >= 0.3 is 0 Å². The van der Waals surface area contributed by atoms with E-state index in [1.165, 1.54) is 16.8 Å². The number of piperazine rings is 1. The minimum Gasteiger partial charge on any atom is -0.335 e. The zero-order valence-electron chi connectivity index (χ0n) is 12.8. The Morgan fingerprint density at radius 3 is 2.36 bits per heavy atom. The molecule has 7 nitrogen and oxygen atoms in total. The summed E-state index contributed by atoms with van der Waals surface area (Å²) in [4.78, 5) is 22.5. The molecule has 0 spiro atoms. The van der Waals surface area contributed by atoms with Crippen molar-refractivity contribution >= 4 is 27.5 Å². The molecule has 2 heterocycles. The third-order valence-electron chi connectivity index (χ3n) is 3.48. The minimum atomic E-state index is -3.22. The summed E-state index contributed by atoms with van der Waals surface area (Å²) in [6.07, 6.45) is 2.60. The van der Waals surface area contributed by atoms with Crippen molar-refractivity contribution in [1.82, 2.24) is 19.2 Å². The van der Waals surface area contributed by atoms with E-state index in [1.54, 1.807) is 4.90 Å². The predicted molar refractivity (Wildman–Crippen MR) is 83.5 cm³/mol. The second kappa shape index (κ2) is 6.47. The molecule has 1 fully saturated rings. The number of rotatable bonds is 3. The molecule has 1 saturated heterocycles. The van der Waals surface area contributed by atoms with Crippen LogP contribution in [0.3, 0.4) is 0 Å². The highest BCUT2D eigenvalue weighted by Gasteiger charge is 2.28. The summed E-state index contributed by atoms with van der Waals surface area (Å²) in [6, 6.07) is 0. The van der Waals surface area contributed by atoms with E-state index in [0.29, 0.717) is 18.9 Å². The van der Waals surface area contributed by atoms with E-state index in [-0.39, 0.29) is 35.6 Å². The van der Waals surface area contributed by atoms with E-state index in [9.17, 15) is 13.2 Å². The van der Waals surface area contributed by atoms with Crippen LogP contribution in [0.4, 0.5) is 0 Å². The van der Waals surface area contributed by atoms with Crippen LogP contribution in [0.1, 0.15) is 36.1 Å². The molecule has 0 radical (unpaired) electrons. The number of amides is 1. The van der Waals surface area contributed by atoms with Crippen molar-refractivity contribution in [2.24, 2.45) is 0 Å². The number of aromatic nitrogens is 2. The van der Waals surface area contributed by atoms with Gasteiger partial charge < -0.3 is 4.90 Å². The van der Waals surface area contributed by atoms with Gasteiger partial charge in [0.15, 0.2) is 5.69 Å². The Hall–Kier alpha value is -1.25. The molecule has 1 aromatic heterocycles. The molecule has 122 valence electrons. The Morgan fingerprint density at radius 2 is 1.86 bits per heavy atom. The van der Waals surface area contributed by atoms with E-state index >= 15 is 0 Å². The summed E-state index contributed by atoms with van der Waals surface area (Å²) in [5, 5.41) is 0.208. The summed E-state index contributed by atoms with van der Waals surface area (Å²) in [7, 11) is -3.22. The molecule has 0 unspecified atom stereocenters. The van der Waals surface area contributed by atoms with E-state index in [0.717, 1.165) is 0 Å². The zero-order valence-corrected chi connectivity index (χ0v) is 14.4. The summed E-state index contributed by atoms with van der Waals surface area (Å²) in [5.41, 5.74) is 0.174. The highest BCUT2D eigenvalue weighted by atomic mass is 35.5. The number of carbonyl (C=O) groups excluding carboxylic acids is 1. The summed E-state index contributed by atoms with van der Waals surface area (Å²) >= 11 is 6.04. The van der Waals surface area contributed by atoms with Crippen LogP contribution in [0.5, 0.6) is 0 Å². The molecule has 0 bridgehead atoms. The van der Waals surface area contributed by atoms with Crippen LogP contribution in [0, 0.1) is 0 Å². The fourth-order valence-electron chi connectivity index (χ4n) is 2.18. The highest BCUT2D eigenvalue weighted by Crippen LogP contribution is 2.19. The first-order chi connectivity index (χ1) is 10.2. The van der Waals surface area contributed by atoms with E-state index in [1.807, 2.05) is 13.8 Å². The number of hydrogen-bond acceptors (Lipinski definition) is 5. The number of sulfonamides is 1. The number of nitrogens with zero attached hydrogens (tertiary/aromatic N) is 4. The second-order valence-electron chi connectivity index (χ2n) is 5.53. The fraction of sp³-hybridized carbons (Fsp3) is 0.615. The summed E-state index contributed by atoms with van der Waals surface area (Å²) in [5.74, 6) is 0.357. The van der Waals surface area contributed by atoms with Gasteiger partial charge in [0.1, 0.15) is 5.82 Å². The van der Waals surface area contributed by atoms with Gasteiger partial charge in [0, 0.05) is 32.1 Å². The Morgan fingerprint density at radius 1 is 1.27 bits per heavy atom. The lowest BCUT2D eigenvalue weighted by atomic mass is 10.2. The Balaban J connectivity index is 2.15. The fourth-order valence-corrected chi connectivity index (χ4v) is 3.18. The van der Waals surface area contributed by atoms with Crippen molar-refractivity contribution in [2.75, 3.05) is 32.4 Å². The lowest BCUT2D eigenvalue weighted by Gasteiger charge is -2.33. The third-order valence-corrected chi connectivity index (χ3v) is 5.06. The lowest BCUT2D eigenvalue weighted by molar-refractivity contribution is 0.0692. The largest absolute Gasteiger partial charge is 0.335 e. The number of hydrogen-bond donors (Lipinski definition) is 0. The first kappa shape index (κ1) is 17.1. The topological polar surface area (TPSA) is 83.5 Å². The quantitative estimate of drug-likeness (QED) is 0.814. The Bertz CT molecular complexity index is 670. The maximum Gasteiger partial charge on any atom is 0.274 e. The maximum absolute atomic E-state index is 12.5. The number of carbonyl (C=O) groups is 1. The normalized spacial score (nSPS) is 17.0. The first-order valence-corrected chi connectivity index (χ1v) is 9.19. The second-order valence-corrected chi connectivity index (χ2v) is 7.92. The molecule has 1 amide bonds. The molecule has 9 heteroatoms. The van der Waals surface area contributed by atoms with Crippen LogP contribution in [0.2, 0.25) is 5.02 Å². The van der Waals surface area contributed by atoms with Crippen molar-refractivity contribution in [2.45, 2.75) is 19.8 Å². The van der Waals surface area contributed by atoms with Gasteiger partial charge in [-0.25, -0.2) is 18.4 Å². The van der Waals surface area contributed by atoms with E-state index in [4.69, 9.17) is 11.6 Å². The molecule has 2 rings (SSSR count). The van der Waals surface area contributed by atoms with Gasteiger partial charge in [-0.1, -0.05) is 25.4 Å². The lowest BCUT2D eigenvalue weighted by Crippen LogP contribution is -2.50. The molecule has 0 aromatic carbocycles. The van der Waals surface area contributed by atoms with Gasteiger partial charge in [-0.05, 0) is 0 Å². The van der Waals surface area contributed by atoms with Crippen LogP contribution in [-0.2, 0) is 10.0 Å². The summed E-state index contributed by atoms with van der Waals surface area (Å²) in [6.45, 7) is 5.08. The van der Waals surface area contributed by atoms with Crippen LogP contribution >= 0.6 is 11.6 Å². The molecular formula is C13H19ClN4O3S. The molecule has 0 atom stereocenters. The van der Waals surface area contributed by atoms with Crippen molar-refractivity contribution in [1.29, 1.82) is 0 Å². The molecule has 0 saturated carbocycles. The monoisotopic (exact) mass is 346 g/mol. The third kappa shape index (κ3) is 3.74. The van der Waals surface area contributed by atoms with Gasteiger partial charge in [-0.3, -0.25) is 4.79 Å². The summed E-state index contributed by atoms with van der Waals surface area (Å²) < 4.78 is 24.3. The molecular weight excluding hydrogens is 328 g/mol. The van der Waals surface area contributed by atoms with Crippen LogP contribution in [0.15, 0.2) is 6.20 Å². The standard InChI is InChI=1S/C13H19ClN4O3S/c1-9(2)12-15-8-10(14)11(16-12)13(19)17-4-6-18(7-5-17)22(3,20)21/h8-9H,4-7H2,1-3H3. The van der Waals surface area contributed by atoms with Gasteiger partial charge in [-0.2, -0.15) is 4.31 Å². The minimum absolute atomic E-state index is 0.0888. The molecule has 1 aliphatic heterocycles. The van der Waals surface area contributed by atoms with Crippen molar-refractivity contribution in [3.05, 3.63) is 22.7 Å². The Labute approximate surface area is 135 Å². The predicted octanol–water partition coefficient (Wildman–Crippen LogP) is 0.971. The Kier molecular flexibility index (Phi) is 5.03. The van der Waals surface area contributed by atoms with Crippen molar-refractivity contribution < 1.29 is 13.2 Å². The van der Waals surface area contributed by atoms with Gasteiger partial charge in [-0.15, -0.1) is 0 Å². The average Bonchev–Trinajstić information content (AvgIpc) is 2.46. The van der Waals surface area contributed by atoms with Crippen LogP contribution in [0.25, 0.3) is 0 Å². The number of halogens is 1. The molecule has 1 aromatic rings. The maximum atomic E-state index is 12.5. The van der Waals surface area contributed by atoms with E-state index < -0.39 is 10.0 Å². The highest BCUT2D eigenvalue weighted by molar-refractivity contribution is 7.88. The van der Waals surface area contributed by atoms with E-state index in [2.05, 4.69) is 9.97 Å².